The number of aromatic nitrogens is 5. The molecule has 2 aliphatic rings. The molecule has 2 aromatic heterocycles. The van der Waals surface area contributed by atoms with E-state index in [2.05, 4.69) is 50.5 Å². The van der Waals surface area contributed by atoms with Crippen LogP contribution in [-0.4, -0.2) is 48.8 Å². The molecular weight excluding hydrogens is 416 g/mol. The number of nitrogens with one attached hydrogen (secondary N) is 1. The monoisotopic (exact) mass is 450 g/mol. The number of aryl methyl sites for hydroxylation is 2. The first kappa shape index (κ1) is 22.2. The maximum absolute atomic E-state index is 13.0. The molecule has 2 fully saturated rings. The fourth-order valence-electron chi connectivity index (χ4n) is 5.47. The molecule has 0 bridgehead atoms. The lowest BCUT2D eigenvalue weighted by Crippen LogP contribution is -2.38. The highest BCUT2D eigenvalue weighted by Crippen LogP contribution is 2.26. The van der Waals surface area contributed by atoms with Crippen molar-refractivity contribution in [3.63, 3.8) is 0 Å². The zero-order valence-corrected chi connectivity index (χ0v) is 19.7. The van der Waals surface area contributed by atoms with Gasteiger partial charge in [0.25, 0.3) is 5.56 Å². The van der Waals surface area contributed by atoms with Gasteiger partial charge in [0.15, 0.2) is 5.82 Å². The van der Waals surface area contributed by atoms with Crippen molar-refractivity contribution in [2.45, 2.75) is 90.6 Å². The molecule has 1 N–H and O–H groups in total. The van der Waals surface area contributed by atoms with Gasteiger partial charge in [-0.25, -0.2) is 4.68 Å². The molecule has 1 saturated carbocycles. The number of tetrazole rings is 1. The van der Waals surface area contributed by atoms with E-state index in [0.29, 0.717) is 25.7 Å². The lowest BCUT2D eigenvalue weighted by Gasteiger charge is -2.34. The van der Waals surface area contributed by atoms with Crippen LogP contribution in [0.5, 0.6) is 0 Å². The SMILES string of the molecule is Cc1cc(C)c2[nH]c(=O)c(CN(Cc3nnnn3C[C@H]3CCCO3)C3CCCCC3)cc2c1. The normalized spacial score (nSPS) is 19.7. The van der Waals surface area contributed by atoms with E-state index in [4.69, 9.17) is 4.74 Å². The average Bonchev–Trinajstić information content (AvgIpc) is 3.48. The van der Waals surface area contributed by atoms with Crippen molar-refractivity contribution in [1.29, 1.82) is 0 Å². The lowest BCUT2D eigenvalue weighted by atomic mass is 9.93. The first-order valence-electron chi connectivity index (χ1n) is 12.3. The molecule has 1 aromatic carbocycles. The Morgan fingerprint density at radius 3 is 2.73 bits per heavy atom. The minimum Gasteiger partial charge on any atom is -0.376 e. The van der Waals surface area contributed by atoms with Crippen LogP contribution in [0.2, 0.25) is 0 Å². The number of hydrogen-bond donors (Lipinski definition) is 1. The Kier molecular flexibility index (Phi) is 6.55. The zero-order valence-electron chi connectivity index (χ0n) is 19.7. The molecule has 1 atom stereocenters. The number of benzene rings is 1. The molecule has 0 amide bonds. The predicted octanol–water partition coefficient (Wildman–Crippen LogP) is 3.65. The topological polar surface area (TPSA) is 88.9 Å². The van der Waals surface area contributed by atoms with Crippen molar-refractivity contribution in [2.24, 2.45) is 0 Å². The van der Waals surface area contributed by atoms with Crippen LogP contribution in [-0.2, 0) is 24.4 Å². The van der Waals surface area contributed by atoms with E-state index in [1.807, 2.05) is 11.6 Å². The molecule has 1 aliphatic heterocycles. The van der Waals surface area contributed by atoms with Crippen molar-refractivity contribution in [3.8, 4) is 0 Å². The summed E-state index contributed by atoms with van der Waals surface area (Å²) >= 11 is 0. The number of aromatic amines is 1. The van der Waals surface area contributed by atoms with Crippen LogP contribution in [0.3, 0.4) is 0 Å². The second kappa shape index (κ2) is 9.73. The van der Waals surface area contributed by atoms with Gasteiger partial charge < -0.3 is 9.72 Å². The van der Waals surface area contributed by atoms with E-state index in [1.54, 1.807) is 0 Å². The standard InChI is InChI=1S/C25H34N6O2/c1-17-11-18(2)24-19(12-17)13-20(25(32)26-24)14-30(21-7-4-3-5-8-21)16-23-27-28-29-31(23)15-22-9-6-10-33-22/h11-13,21-22H,3-10,14-16H2,1-2H3,(H,26,32)/t22-/m1/s1. The Morgan fingerprint density at radius 2 is 1.94 bits per heavy atom. The van der Waals surface area contributed by atoms with E-state index in [9.17, 15) is 4.79 Å². The van der Waals surface area contributed by atoms with Crippen LogP contribution in [0.15, 0.2) is 23.0 Å². The highest BCUT2D eigenvalue weighted by Gasteiger charge is 2.26. The quantitative estimate of drug-likeness (QED) is 0.591. The van der Waals surface area contributed by atoms with Crippen molar-refractivity contribution < 1.29 is 4.74 Å². The summed E-state index contributed by atoms with van der Waals surface area (Å²) in [6.07, 6.45) is 8.38. The van der Waals surface area contributed by atoms with E-state index in [-0.39, 0.29) is 11.7 Å². The molecule has 176 valence electrons. The fraction of sp³-hybridized carbons (Fsp3) is 0.600. The van der Waals surface area contributed by atoms with Gasteiger partial charge >= 0.3 is 0 Å². The number of rotatable bonds is 7. The van der Waals surface area contributed by atoms with Crippen LogP contribution in [0.25, 0.3) is 10.9 Å². The Balaban J connectivity index is 1.42. The van der Waals surface area contributed by atoms with Crippen LogP contribution in [0, 0.1) is 13.8 Å². The fourth-order valence-corrected chi connectivity index (χ4v) is 5.47. The number of pyridine rings is 1. The Morgan fingerprint density at radius 1 is 1.09 bits per heavy atom. The Labute approximate surface area is 194 Å². The van der Waals surface area contributed by atoms with Gasteiger partial charge in [-0.3, -0.25) is 9.69 Å². The Bertz CT molecular complexity index is 1160. The van der Waals surface area contributed by atoms with Gasteiger partial charge in [-0.1, -0.05) is 30.9 Å². The highest BCUT2D eigenvalue weighted by atomic mass is 16.5. The summed E-state index contributed by atoms with van der Waals surface area (Å²) in [4.78, 5) is 18.6. The molecule has 33 heavy (non-hydrogen) atoms. The molecule has 3 heterocycles. The summed E-state index contributed by atoms with van der Waals surface area (Å²) in [7, 11) is 0. The van der Waals surface area contributed by atoms with Crippen LogP contribution >= 0.6 is 0 Å². The molecular formula is C25H34N6O2. The van der Waals surface area contributed by atoms with E-state index in [0.717, 1.165) is 60.1 Å². The minimum absolute atomic E-state index is 0.00536. The molecule has 1 saturated heterocycles. The summed E-state index contributed by atoms with van der Waals surface area (Å²) in [6.45, 7) is 6.88. The molecule has 5 rings (SSSR count). The van der Waals surface area contributed by atoms with E-state index >= 15 is 0 Å². The van der Waals surface area contributed by atoms with Gasteiger partial charge in [-0.05, 0) is 73.0 Å². The molecule has 0 spiro atoms. The number of hydrogen-bond acceptors (Lipinski definition) is 6. The number of fused-ring (bicyclic) bond motifs is 1. The second-order valence-electron chi connectivity index (χ2n) is 9.78. The molecule has 3 aromatic rings. The van der Waals surface area contributed by atoms with Crippen LogP contribution < -0.4 is 5.56 Å². The van der Waals surface area contributed by atoms with Gasteiger partial charge in [0, 0.05) is 24.8 Å². The molecule has 8 heteroatoms. The number of ether oxygens (including phenoxy) is 1. The minimum atomic E-state index is -0.00536. The smallest absolute Gasteiger partial charge is 0.252 e. The van der Waals surface area contributed by atoms with E-state index < -0.39 is 0 Å². The van der Waals surface area contributed by atoms with Crippen LogP contribution in [0.1, 0.15) is 67.5 Å². The summed E-state index contributed by atoms with van der Waals surface area (Å²) in [6, 6.07) is 6.76. The third-order valence-electron chi connectivity index (χ3n) is 7.19. The average molecular weight is 451 g/mol. The highest BCUT2D eigenvalue weighted by molar-refractivity contribution is 5.82. The third kappa shape index (κ3) is 5.01. The van der Waals surface area contributed by atoms with Crippen LogP contribution in [0.4, 0.5) is 0 Å². The third-order valence-corrected chi connectivity index (χ3v) is 7.19. The van der Waals surface area contributed by atoms with Gasteiger partial charge in [0.1, 0.15) is 0 Å². The van der Waals surface area contributed by atoms with Crippen molar-refractivity contribution >= 4 is 10.9 Å². The van der Waals surface area contributed by atoms with Gasteiger partial charge in [-0.2, -0.15) is 0 Å². The van der Waals surface area contributed by atoms with Crippen molar-refractivity contribution in [3.05, 3.63) is 51.1 Å². The molecule has 0 unspecified atom stereocenters. The van der Waals surface area contributed by atoms with Crippen molar-refractivity contribution in [1.82, 2.24) is 30.1 Å². The second-order valence-corrected chi connectivity index (χ2v) is 9.78. The molecule has 0 radical (unpaired) electrons. The Hall–Kier alpha value is -2.58. The zero-order chi connectivity index (χ0) is 22.8. The summed E-state index contributed by atoms with van der Waals surface area (Å²) in [5, 5.41) is 13.6. The largest absolute Gasteiger partial charge is 0.376 e. The molecule has 1 aliphatic carbocycles. The van der Waals surface area contributed by atoms with Gasteiger partial charge in [-0.15, -0.1) is 5.10 Å². The first-order chi connectivity index (χ1) is 16.1. The first-order valence-corrected chi connectivity index (χ1v) is 12.3. The van der Waals surface area contributed by atoms with Gasteiger partial charge in [0.05, 0.1) is 24.7 Å². The summed E-state index contributed by atoms with van der Waals surface area (Å²) < 4.78 is 7.69. The summed E-state index contributed by atoms with van der Waals surface area (Å²) in [5.74, 6) is 0.847. The van der Waals surface area contributed by atoms with Crippen molar-refractivity contribution in [2.75, 3.05) is 6.61 Å². The summed E-state index contributed by atoms with van der Waals surface area (Å²) in [5.41, 5.74) is 4.03. The molecule has 8 nitrogen and oxygen atoms in total. The number of nitrogens with zero attached hydrogens (tertiary/aromatic N) is 5. The maximum Gasteiger partial charge on any atom is 0.252 e. The predicted molar refractivity (Wildman–Crippen MR) is 127 cm³/mol. The lowest BCUT2D eigenvalue weighted by molar-refractivity contribution is 0.0893. The van der Waals surface area contributed by atoms with Gasteiger partial charge in [0.2, 0.25) is 0 Å². The maximum atomic E-state index is 13.0. The number of H-pyrrole nitrogens is 1. The van der Waals surface area contributed by atoms with E-state index in [1.165, 1.54) is 24.8 Å².